The summed E-state index contributed by atoms with van der Waals surface area (Å²) < 4.78 is 12.9. The molecule has 1 N–H and O–H groups in total. The van der Waals surface area contributed by atoms with Gasteiger partial charge in [-0.25, -0.2) is 14.8 Å². The van der Waals surface area contributed by atoms with Crippen LogP contribution in [0.15, 0.2) is 28.6 Å². The number of urea groups is 1. The van der Waals surface area contributed by atoms with E-state index in [9.17, 15) is 4.79 Å². The minimum Gasteiger partial charge on any atom is -0.482 e. The Morgan fingerprint density at radius 3 is 3.07 bits per heavy atom. The molecule has 1 aromatic heterocycles. The summed E-state index contributed by atoms with van der Waals surface area (Å²) in [4.78, 5) is 24.0. The minimum atomic E-state index is -0.257. The van der Waals surface area contributed by atoms with Crippen molar-refractivity contribution in [3.05, 3.63) is 24.2 Å². The van der Waals surface area contributed by atoms with Gasteiger partial charge in [0.2, 0.25) is 5.90 Å². The fourth-order valence-electron chi connectivity index (χ4n) is 4.67. The summed E-state index contributed by atoms with van der Waals surface area (Å²) in [6.45, 7) is 3.09. The zero-order chi connectivity index (χ0) is 20.7. The van der Waals surface area contributed by atoms with Crippen LogP contribution in [0.5, 0.6) is 0 Å². The summed E-state index contributed by atoms with van der Waals surface area (Å²) in [6.07, 6.45) is 8.80. The number of amides is 2. The average molecular weight is 431 g/mol. The third-order valence-corrected chi connectivity index (χ3v) is 7.46. The van der Waals surface area contributed by atoms with Crippen molar-refractivity contribution in [1.82, 2.24) is 20.0 Å². The van der Waals surface area contributed by atoms with Gasteiger partial charge < -0.3 is 14.4 Å². The van der Waals surface area contributed by atoms with Crippen LogP contribution in [0.3, 0.4) is 0 Å². The van der Waals surface area contributed by atoms with Gasteiger partial charge in [0.25, 0.3) is 0 Å². The van der Waals surface area contributed by atoms with Gasteiger partial charge in [-0.05, 0) is 24.8 Å². The van der Waals surface area contributed by atoms with Crippen molar-refractivity contribution in [3.8, 4) is 0 Å². The van der Waals surface area contributed by atoms with E-state index in [0.717, 1.165) is 56.7 Å². The molecule has 0 saturated carbocycles. The van der Waals surface area contributed by atoms with Crippen LogP contribution in [-0.4, -0.2) is 76.5 Å². The van der Waals surface area contributed by atoms with Crippen molar-refractivity contribution in [2.45, 2.75) is 30.6 Å². The topological polar surface area (TPSA) is 93.3 Å². The number of aromatic nitrogens is 2. The molecule has 2 fully saturated rings. The van der Waals surface area contributed by atoms with E-state index in [1.807, 2.05) is 30.5 Å². The number of carbonyl (C=O) groups excluding carboxylic acids is 1. The lowest BCUT2D eigenvalue weighted by molar-refractivity contribution is -0.000357. The van der Waals surface area contributed by atoms with Gasteiger partial charge in [-0.2, -0.15) is 5.10 Å². The number of aliphatic imine (C=N–C) groups is 2. The standard InChI is InChI=1S/C20H26N6O3S/c1-25-10-13(8-22-25)14-9-21-17(28-2)15-16(14)30-18(23-15)24-19(27)26-6-5-20(11-26)4-3-7-29-12-20/h8-10,15-16H,3-7,11-12H2,1-2H3,(H,23,24,27). The van der Waals surface area contributed by atoms with Crippen LogP contribution in [0.1, 0.15) is 24.8 Å². The fourth-order valence-corrected chi connectivity index (χ4v) is 5.86. The van der Waals surface area contributed by atoms with E-state index in [-0.39, 0.29) is 22.7 Å². The monoisotopic (exact) mass is 430 g/mol. The van der Waals surface area contributed by atoms with E-state index in [4.69, 9.17) is 14.5 Å². The number of fused-ring (bicyclic) bond motifs is 1. The van der Waals surface area contributed by atoms with Gasteiger partial charge in [0, 0.05) is 50.1 Å². The lowest BCUT2D eigenvalue weighted by atomic mass is 9.82. The van der Waals surface area contributed by atoms with E-state index in [0.29, 0.717) is 11.1 Å². The molecule has 2 amide bonds. The van der Waals surface area contributed by atoms with Crippen molar-refractivity contribution in [2.24, 2.45) is 22.4 Å². The maximum absolute atomic E-state index is 12.9. The number of rotatable bonds is 1. The Kier molecular flexibility index (Phi) is 5.06. The average Bonchev–Trinajstić information content (AvgIpc) is 3.47. The van der Waals surface area contributed by atoms with E-state index < -0.39 is 0 Å². The Morgan fingerprint density at radius 2 is 2.33 bits per heavy atom. The summed E-state index contributed by atoms with van der Waals surface area (Å²) >= 11 is 1.54. The van der Waals surface area contributed by atoms with E-state index >= 15 is 0 Å². The van der Waals surface area contributed by atoms with Crippen LogP contribution in [0.2, 0.25) is 0 Å². The molecule has 10 heteroatoms. The molecule has 0 bridgehead atoms. The fraction of sp³-hybridized carbons (Fsp3) is 0.600. The quantitative estimate of drug-likeness (QED) is 0.734. The molecule has 160 valence electrons. The van der Waals surface area contributed by atoms with Crippen LogP contribution in [0.25, 0.3) is 5.57 Å². The van der Waals surface area contributed by atoms with Crippen LogP contribution in [-0.2, 0) is 16.5 Å². The lowest BCUT2D eigenvalue weighted by Gasteiger charge is -2.32. The third kappa shape index (κ3) is 3.51. The number of aryl methyl sites for hydroxylation is 1. The Balaban J connectivity index is 1.28. The summed E-state index contributed by atoms with van der Waals surface area (Å²) in [5.74, 6) is 0.559. The third-order valence-electron chi connectivity index (χ3n) is 6.26. The molecular weight excluding hydrogens is 404 g/mol. The summed E-state index contributed by atoms with van der Waals surface area (Å²) in [5.41, 5.74) is 2.16. The van der Waals surface area contributed by atoms with E-state index in [2.05, 4.69) is 15.4 Å². The molecule has 5 heterocycles. The Labute approximate surface area is 179 Å². The number of likely N-dealkylation sites (tertiary alicyclic amines) is 1. The molecule has 3 atom stereocenters. The molecule has 2 saturated heterocycles. The van der Waals surface area contributed by atoms with Crippen molar-refractivity contribution < 1.29 is 14.3 Å². The molecule has 0 radical (unpaired) electrons. The summed E-state index contributed by atoms with van der Waals surface area (Å²) in [6, 6.07) is -0.350. The smallest absolute Gasteiger partial charge is 0.323 e. The first-order chi connectivity index (χ1) is 14.6. The van der Waals surface area contributed by atoms with Gasteiger partial charge >= 0.3 is 6.03 Å². The molecule has 5 rings (SSSR count). The maximum atomic E-state index is 12.9. The number of methoxy groups -OCH3 is 1. The van der Waals surface area contributed by atoms with Gasteiger partial charge in [0.15, 0.2) is 5.17 Å². The number of nitrogens with one attached hydrogen (secondary N) is 1. The SMILES string of the molecule is COC1=NC=C(c2cnn(C)c2)C2SC(NC(=O)N3CCC4(CCCOC4)C3)=NC12. The van der Waals surface area contributed by atoms with Gasteiger partial charge in [-0.15, -0.1) is 0 Å². The van der Waals surface area contributed by atoms with Gasteiger partial charge in [-0.3, -0.25) is 10.00 Å². The molecule has 4 aliphatic rings. The highest BCUT2D eigenvalue weighted by molar-refractivity contribution is 8.15. The molecule has 30 heavy (non-hydrogen) atoms. The molecule has 4 aliphatic heterocycles. The molecule has 0 aliphatic carbocycles. The predicted octanol–water partition coefficient (Wildman–Crippen LogP) is 1.87. The minimum absolute atomic E-state index is 0.00591. The highest BCUT2D eigenvalue weighted by Crippen LogP contribution is 2.40. The summed E-state index contributed by atoms with van der Waals surface area (Å²) in [7, 11) is 3.49. The Bertz CT molecular complexity index is 933. The Morgan fingerprint density at radius 1 is 1.43 bits per heavy atom. The van der Waals surface area contributed by atoms with Crippen LogP contribution >= 0.6 is 11.8 Å². The summed E-state index contributed by atoms with van der Waals surface area (Å²) in [5, 5.41) is 7.89. The highest BCUT2D eigenvalue weighted by Gasteiger charge is 2.43. The molecular formula is C20H26N6O3S. The number of hydrogen-bond acceptors (Lipinski definition) is 7. The van der Waals surface area contributed by atoms with Crippen molar-refractivity contribution in [2.75, 3.05) is 33.4 Å². The zero-order valence-electron chi connectivity index (χ0n) is 17.2. The van der Waals surface area contributed by atoms with E-state index in [1.165, 1.54) is 0 Å². The second kappa shape index (κ2) is 7.73. The second-order valence-electron chi connectivity index (χ2n) is 8.33. The normalized spacial score (nSPS) is 30.6. The van der Waals surface area contributed by atoms with Crippen LogP contribution in [0.4, 0.5) is 4.79 Å². The first-order valence-corrected chi connectivity index (χ1v) is 11.1. The lowest BCUT2D eigenvalue weighted by Crippen LogP contribution is -2.43. The molecule has 1 aromatic rings. The van der Waals surface area contributed by atoms with Crippen LogP contribution < -0.4 is 5.32 Å². The van der Waals surface area contributed by atoms with Gasteiger partial charge in [0.1, 0.15) is 6.04 Å². The number of carbonyl (C=O) groups is 1. The van der Waals surface area contributed by atoms with E-state index in [1.54, 1.807) is 23.6 Å². The molecule has 1 spiro atoms. The van der Waals surface area contributed by atoms with Crippen LogP contribution in [0, 0.1) is 5.41 Å². The van der Waals surface area contributed by atoms with Gasteiger partial charge in [0.05, 0.1) is 25.2 Å². The number of thioether (sulfide) groups is 1. The number of nitrogens with zero attached hydrogens (tertiary/aromatic N) is 5. The second-order valence-corrected chi connectivity index (χ2v) is 9.46. The maximum Gasteiger partial charge on any atom is 0.323 e. The van der Waals surface area contributed by atoms with Gasteiger partial charge in [-0.1, -0.05) is 11.8 Å². The zero-order valence-corrected chi connectivity index (χ0v) is 18.0. The molecule has 3 unspecified atom stereocenters. The van der Waals surface area contributed by atoms with Crippen molar-refractivity contribution in [3.63, 3.8) is 0 Å². The van der Waals surface area contributed by atoms with Crippen molar-refractivity contribution >= 4 is 34.4 Å². The largest absolute Gasteiger partial charge is 0.482 e. The first-order valence-electron chi connectivity index (χ1n) is 10.3. The molecule has 0 aromatic carbocycles. The molecule has 9 nitrogen and oxygen atoms in total. The number of hydrogen-bond donors (Lipinski definition) is 1. The highest BCUT2D eigenvalue weighted by atomic mass is 32.2. The number of ether oxygens (including phenoxy) is 2. The Hall–Kier alpha value is -2.33. The predicted molar refractivity (Wildman–Crippen MR) is 115 cm³/mol. The number of amidine groups is 1. The first kappa shape index (κ1) is 19.6. The van der Waals surface area contributed by atoms with Crippen molar-refractivity contribution in [1.29, 1.82) is 0 Å².